The molecule has 0 aromatic heterocycles. The summed E-state index contributed by atoms with van der Waals surface area (Å²) in [5.41, 5.74) is 5.79. The molecule has 2 heteroatoms. The van der Waals surface area contributed by atoms with Crippen LogP contribution in [0.1, 0.15) is 17.5 Å². The molecule has 0 saturated carbocycles. The summed E-state index contributed by atoms with van der Waals surface area (Å²) in [6.07, 6.45) is 1.28. The van der Waals surface area contributed by atoms with Crippen molar-refractivity contribution in [3.8, 4) is 11.5 Å². The minimum atomic E-state index is -1.70. The van der Waals surface area contributed by atoms with Crippen LogP contribution < -0.4 is 0 Å². The van der Waals surface area contributed by atoms with Crippen LogP contribution in [0.5, 0.6) is 0 Å². The number of rotatable bonds is 5. The molecule has 0 aliphatic rings. The van der Waals surface area contributed by atoms with Gasteiger partial charge in [-0.25, -0.2) is 0 Å². The Bertz CT molecular complexity index is 663. The highest BCUT2D eigenvalue weighted by Crippen LogP contribution is 2.11. The Hall–Kier alpha value is -2.11. The Balaban J connectivity index is 1.89. The minimum Gasteiger partial charge on any atom is -0.285 e. The van der Waals surface area contributed by atoms with Crippen molar-refractivity contribution in [3.63, 3.8) is 0 Å². The highest BCUT2D eigenvalue weighted by atomic mass is 28.3. The van der Waals surface area contributed by atoms with Gasteiger partial charge in [0.25, 0.3) is 0 Å². The minimum absolute atomic E-state index is 0.0532. The van der Waals surface area contributed by atoms with Crippen molar-refractivity contribution in [1.82, 2.24) is 0 Å². The van der Waals surface area contributed by atoms with E-state index in [2.05, 4.69) is 61.0 Å². The van der Waals surface area contributed by atoms with Crippen molar-refractivity contribution >= 4 is 13.9 Å². The second-order valence-electron chi connectivity index (χ2n) is 6.21. The van der Waals surface area contributed by atoms with Crippen molar-refractivity contribution in [2.24, 2.45) is 0 Å². The zero-order valence-corrected chi connectivity index (χ0v) is 14.3. The predicted octanol–water partition coefficient (Wildman–Crippen LogP) is 4.22. The molecule has 0 N–H and O–H groups in total. The van der Waals surface area contributed by atoms with Crippen molar-refractivity contribution in [2.45, 2.75) is 32.0 Å². The van der Waals surface area contributed by atoms with Gasteiger partial charge in [-0.3, -0.25) is 4.79 Å². The number of benzene rings is 2. The van der Waals surface area contributed by atoms with Gasteiger partial charge in [-0.05, 0) is 29.5 Å². The average molecular weight is 306 g/mol. The summed E-state index contributed by atoms with van der Waals surface area (Å²) in [5, 5.41) is 0. The summed E-state index contributed by atoms with van der Waals surface area (Å²) in [6.45, 7) is 4.44. The molecule has 2 aromatic carbocycles. The lowest BCUT2D eigenvalue weighted by molar-refractivity contribution is -0.113. The monoisotopic (exact) mass is 306 g/mol. The molecule has 2 aromatic rings. The van der Waals surface area contributed by atoms with Gasteiger partial charge in [-0.2, -0.15) is 0 Å². The van der Waals surface area contributed by atoms with E-state index >= 15 is 0 Å². The first kappa shape index (κ1) is 16.3. The lowest BCUT2D eigenvalue weighted by atomic mass is 10.1. The molecule has 1 nitrogen and oxygen atoms in total. The molecule has 0 fully saturated rings. The van der Waals surface area contributed by atoms with Crippen molar-refractivity contribution in [1.29, 1.82) is 0 Å². The maximum absolute atomic E-state index is 12.0. The van der Waals surface area contributed by atoms with E-state index in [-0.39, 0.29) is 5.78 Å². The van der Waals surface area contributed by atoms with Gasteiger partial charge in [-0.15, -0.1) is 5.54 Å². The largest absolute Gasteiger partial charge is 0.285 e. The first-order valence-corrected chi connectivity index (χ1v) is 10.9. The molecule has 2 rings (SSSR count). The molecule has 0 unspecified atom stereocenters. The van der Waals surface area contributed by atoms with Gasteiger partial charge in [-0.1, -0.05) is 73.8 Å². The molecule has 0 heterocycles. The van der Waals surface area contributed by atoms with Gasteiger partial charge in [0.05, 0.1) is 0 Å². The Labute approximate surface area is 134 Å². The van der Waals surface area contributed by atoms with Gasteiger partial charge in [0, 0.05) is 6.42 Å². The second kappa shape index (κ2) is 7.77. The number of ketones is 1. The summed E-state index contributed by atoms with van der Waals surface area (Å²) >= 11 is 0. The molecule has 0 bridgehead atoms. The molecule has 0 spiro atoms. The Morgan fingerprint density at radius 1 is 0.909 bits per heavy atom. The number of carbonyl (C=O) groups is 1. The van der Waals surface area contributed by atoms with Crippen LogP contribution in [0.3, 0.4) is 0 Å². The lowest BCUT2D eigenvalue weighted by Crippen LogP contribution is -2.27. The van der Waals surface area contributed by atoms with E-state index < -0.39 is 8.07 Å². The number of Topliss-reactive ketones (excluding diaryl/α,β-unsaturated/α-hetero) is 1. The molecule has 112 valence electrons. The fraction of sp³-hybridized carbons (Fsp3) is 0.250. The van der Waals surface area contributed by atoms with E-state index in [9.17, 15) is 4.79 Å². The SMILES string of the molecule is C[Si](C)(C#CC(=O)CCc1ccccc1)Cc1ccccc1. The smallest absolute Gasteiger partial charge is 0.205 e. The molecule has 22 heavy (non-hydrogen) atoms. The first-order valence-electron chi connectivity index (χ1n) is 7.69. The van der Waals surface area contributed by atoms with Crippen LogP contribution in [-0.4, -0.2) is 13.9 Å². The van der Waals surface area contributed by atoms with Gasteiger partial charge >= 0.3 is 0 Å². The van der Waals surface area contributed by atoms with E-state index in [4.69, 9.17) is 0 Å². The molecule has 0 atom stereocenters. The topological polar surface area (TPSA) is 17.1 Å². The third-order valence-electron chi connectivity index (χ3n) is 3.51. The van der Waals surface area contributed by atoms with Gasteiger partial charge in [0.2, 0.25) is 5.78 Å². The predicted molar refractivity (Wildman–Crippen MR) is 95.2 cm³/mol. The fourth-order valence-corrected chi connectivity index (χ4v) is 4.18. The van der Waals surface area contributed by atoms with Gasteiger partial charge in [0.15, 0.2) is 0 Å². The van der Waals surface area contributed by atoms with Crippen LogP contribution in [0, 0.1) is 11.5 Å². The molecule has 0 amide bonds. The van der Waals surface area contributed by atoms with Crippen LogP contribution >= 0.6 is 0 Å². The van der Waals surface area contributed by atoms with Crippen LogP contribution in [0.2, 0.25) is 13.1 Å². The molecule has 0 aliphatic heterocycles. The normalized spacial score (nSPS) is 10.6. The summed E-state index contributed by atoms with van der Waals surface area (Å²) in [4.78, 5) is 12.0. The van der Waals surface area contributed by atoms with E-state index in [1.807, 2.05) is 24.3 Å². The number of hydrogen-bond acceptors (Lipinski definition) is 1. The summed E-state index contributed by atoms with van der Waals surface area (Å²) < 4.78 is 0. The number of carbonyl (C=O) groups excluding carboxylic acids is 1. The van der Waals surface area contributed by atoms with Gasteiger partial charge in [0.1, 0.15) is 8.07 Å². The Morgan fingerprint density at radius 3 is 2.05 bits per heavy atom. The first-order chi connectivity index (χ1) is 10.6. The summed E-state index contributed by atoms with van der Waals surface area (Å²) in [6, 6.07) is 21.5. The molecular weight excluding hydrogens is 284 g/mol. The zero-order chi connectivity index (χ0) is 15.8. The Kier molecular flexibility index (Phi) is 5.74. The maximum atomic E-state index is 12.0. The van der Waals surface area contributed by atoms with E-state index in [0.29, 0.717) is 6.42 Å². The Morgan fingerprint density at radius 2 is 1.45 bits per heavy atom. The van der Waals surface area contributed by atoms with E-state index in [0.717, 1.165) is 12.5 Å². The van der Waals surface area contributed by atoms with E-state index in [1.54, 1.807) is 0 Å². The molecule has 0 radical (unpaired) electrons. The molecule has 0 aliphatic carbocycles. The van der Waals surface area contributed by atoms with E-state index in [1.165, 1.54) is 11.1 Å². The van der Waals surface area contributed by atoms with Crippen LogP contribution in [0.25, 0.3) is 0 Å². The average Bonchev–Trinajstić information content (AvgIpc) is 2.53. The lowest BCUT2D eigenvalue weighted by Gasteiger charge is -2.14. The number of aryl methyl sites for hydroxylation is 1. The zero-order valence-electron chi connectivity index (χ0n) is 13.3. The van der Waals surface area contributed by atoms with Crippen LogP contribution in [-0.2, 0) is 17.3 Å². The summed E-state index contributed by atoms with van der Waals surface area (Å²) in [7, 11) is -1.70. The van der Waals surface area contributed by atoms with Crippen molar-refractivity contribution in [2.75, 3.05) is 0 Å². The fourth-order valence-electron chi connectivity index (χ4n) is 2.35. The standard InChI is InChI=1S/C20H22OSi/c1-22(2,17-19-11-7-4-8-12-19)16-15-20(21)14-13-18-9-5-3-6-10-18/h3-12H,13-14,17H2,1-2H3. The summed E-state index contributed by atoms with van der Waals surface area (Å²) in [5.74, 6) is 2.94. The third-order valence-corrected chi connectivity index (χ3v) is 5.61. The number of hydrogen-bond donors (Lipinski definition) is 0. The van der Waals surface area contributed by atoms with Crippen molar-refractivity contribution in [3.05, 3.63) is 71.8 Å². The molecular formula is C20H22OSi. The van der Waals surface area contributed by atoms with Crippen LogP contribution in [0.15, 0.2) is 60.7 Å². The highest BCUT2D eigenvalue weighted by molar-refractivity contribution is 6.84. The highest BCUT2D eigenvalue weighted by Gasteiger charge is 2.18. The molecule has 0 saturated heterocycles. The second-order valence-corrected chi connectivity index (χ2v) is 10.6. The quantitative estimate of drug-likeness (QED) is 0.597. The van der Waals surface area contributed by atoms with Crippen molar-refractivity contribution < 1.29 is 4.79 Å². The third kappa shape index (κ3) is 5.71. The van der Waals surface area contributed by atoms with Gasteiger partial charge < -0.3 is 0 Å². The van der Waals surface area contributed by atoms with Crippen LogP contribution in [0.4, 0.5) is 0 Å². The maximum Gasteiger partial charge on any atom is 0.205 e.